The first-order valence-electron chi connectivity index (χ1n) is 8.78. The minimum atomic E-state index is 0.139. The molecule has 2 aromatic heterocycles. The number of imidazole rings is 1. The second-order valence-corrected chi connectivity index (χ2v) is 6.63. The molecule has 1 saturated heterocycles. The van der Waals surface area contributed by atoms with Gasteiger partial charge in [-0.1, -0.05) is 0 Å². The quantitative estimate of drug-likeness (QED) is 0.735. The summed E-state index contributed by atoms with van der Waals surface area (Å²) in [6, 6.07) is 11.8. The van der Waals surface area contributed by atoms with Crippen LogP contribution in [0.5, 0.6) is 0 Å². The Kier molecular flexibility index (Phi) is 4.37. The molecule has 25 heavy (non-hydrogen) atoms. The van der Waals surface area contributed by atoms with Crippen LogP contribution in [0, 0.1) is 5.92 Å². The van der Waals surface area contributed by atoms with Gasteiger partial charge in [0.15, 0.2) is 0 Å². The van der Waals surface area contributed by atoms with E-state index in [1.54, 1.807) is 0 Å². The van der Waals surface area contributed by atoms with Gasteiger partial charge in [0, 0.05) is 55.7 Å². The summed E-state index contributed by atoms with van der Waals surface area (Å²) in [7, 11) is 0. The van der Waals surface area contributed by atoms with Crippen LogP contribution in [0.2, 0.25) is 0 Å². The number of hydrogen-bond donors (Lipinski definition) is 0. The third kappa shape index (κ3) is 3.50. The molecule has 0 bridgehead atoms. The molecule has 0 N–H and O–H groups in total. The number of hydrogen-bond acceptors (Lipinski definition) is 2. The van der Waals surface area contributed by atoms with Gasteiger partial charge in [-0.15, -0.1) is 0 Å². The average molecular weight is 334 g/mol. The number of piperidine rings is 1. The van der Waals surface area contributed by atoms with Crippen LogP contribution >= 0.6 is 0 Å². The first-order valence-corrected chi connectivity index (χ1v) is 8.78. The zero-order valence-corrected chi connectivity index (χ0v) is 14.2. The van der Waals surface area contributed by atoms with Crippen molar-refractivity contribution in [2.75, 3.05) is 13.1 Å². The van der Waals surface area contributed by atoms with Crippen LogP contribution in [0.4, 0.5) is 0 Å². The van der Waals surface area contributed by atoms with Gasteiger partial charge in [-0.2, -0.15) is 0 Å². The maximum Gasteiger partial charge on any atom is 0.253 e. The predicted octanol–water partition coefficient (Wildman–Crippen LogP) is 3.23. The van der Waals surface area contributed by atoms with Gasteiger partial charge in [-0.05, 0) is 55.2 Å². The van der Waals surface area contributed by atoms with Gasteiger partial charge in [-0.25, -0.2) is 4.98 Å². The molecule has 3 heterocycles. The van der Waals surface area contributed by atoms with Crippen molar-refractivity contribution in [1.29, 1.82) is 0 Å². The highest BCUT2D eigenvalue weighted by Crippen LogP contribution is 2.21. The second-order valence-electron chi connectivity index (χ2n) is 6.63. The summed E-state index contributed by atoms with van der Waals surface area (Å²) in [5.41, 5.74) is 1.84. The summed E-state index contributed by atoms with van der Waals surface area (Å²) in [5, 5.41) is 0. The van der Waals surface area contributed by atoms with Gasteiger partial charge in [-0.3, -0.25) is 4.79 Å². The minimum Gasteiger partial charge on any atom is -0.339 e. The smallest absolute Gasteiger partial charge is 0.253 e. The second kappa shape index (κ2) is 6.97. The maximum absolute atomic E-state index is 12.7. The molecular weight excluding hydrogens is 312 g/mol. The lowest BCUT2D eigenvalue weighted by atomic mass is 9.96. The Morgan fingerprint density at radius 3 is 2.40 bits per heavy atom. The van der Waals surface area contributed by atoms with Gasteiger partial charge in [0.2, 0.25) is 0 Å². The van der Waals surface area contributed by atoms with Crippen LogP contribution in [0.1, 0.15) is 23.2 Å². The van der Waals surface area contributed by atoms with Crippen LogP contribution in [-0.2, 0) is 6.54 Å². The molecule has 1 aliphatic rings. The van der Waals surface area contributed by atoms with E-state index in [-0.39, 0.29) is 5.91 Å². The SMILES string of the molecule is O=C(c1ccc(-n2cccc2)cc1)N1CCC(Cn2ccnc2)CC1. The van der Waals surface area contributed by atoms with Crippen molar-refractivity contribution in [2.45, 2.75) is 19.4 Å². The Labute approximate surface area is 147 Å². The lowest BCUT2D eigenvalue weighted by Crippen LogP contribution is -2.39. The van der Waals surface area contributed by atoms with Crippen LogP contribution in [0.15, 0.2) is 67.5 Å². The standard InChI is InChI=1S/C20H22N4O/c25-20(18-3-5-19(6-4-18)23-10-1-2-11-23)24-12-7-17(8-13-24)15-22-14-9-21-16-22/h1-6,9-11,14,16-17H,7-8,12-13,15H2. The molecule has 5 nitrogen and oxygen atoms in total. The zero-order valence-electron chi connectivity index (χ0n) is 14.2. The molecule has 0 atom stereocenters. The number of benzene rings is 1. The monoisotopic (exact) mass is 334 g/mol. The molecule has 128 valence electrons. The van der Waals surface area contributed by atoms with Crippen molar-refractivity contribution < 1.29 is 4.79 Å². The summed E-state index contributed by atoms with van der Waals surface area (Å²) in [6.07, 6.45) is 11.8. The fourth-order valence-electron chi connectivity index (χ4n) is 3.48. The van der Waals surface area contributed by atoms with Crippen molar-refractivity contribution in [3.63, 3.8) is 0 Å². The van der Waals surface area contributed by atoms with Gasteiger partial charge >= 0.3 is 0 Å². The predicted molar refractivity (Wildman–Crippen MR) is 96.6 cm³/mol. The fourth-order valence-corrected chi connectivity index (χ4v) is 3.48. The Morgan fingerprint density at radius 1 is 1.04 bits per heavy atom. The number of carbonyl (C=O) groups excluding carboxylic acids is 1. The van der Waals surface area contributed by atoms with Crippen molar-refractivity contribution in [3.8, 4) is 5.69 Å². The lowest BCUT2D eigenvalue weighted by Gasteiger charge is -2.32. The lowest BCUT2D eigenvalue weighted by molar-refractivity contribution is 0.0683. The molecule has 0 unspecified atom stereocenters. The first kappa shape index (κ1) is 15.7. The topological polar surface area (TPSA) is 43.1 Å². The Hall–Kier alpha value is -2.82. The Bertz CT molecular complexity index is 798. The molecule has 1 aromatic carbocycles. The van der Waals surface area contributed by atoms with E-state index in [1.165, 1.54) is 0 Å². The average Bonchev–Trinajstić information content (AvgIpc) is 3.36. The van der Waals surface area contributed by atoms with E-state index in [4.69, 9.17) is 0 Å². The third-order valence-electron chi connectivity index (χ3n) is 4.95. The van der Waals surface area contributed by atoms with Crippen LogP contribution < -0.4 is 0 Å². The molecule has 0 aliphatic carbocycles. The summed E-state index contributed by atoms with van der Waals surface area (Å²) in [6.45, 7) is 2.66. The molecule has 0 radical (unpaired) electrons. The Morgan fingerprint density at radius 2 is 1.76 bits per heavy atom. The number of nitrogens with zero attached hydrogens (tertiary/aromatic N) is 4. The summed E-state index contributed by atoms with van der Waals surface area (Å²) >= 11 is 0. The molecule has 4 rings (SSSR count). The van der Waals surface area contributed by atoms with E-state index >= 15 is 0 Å². The van der Waals surface area contributed by atoms with E-state index < -0.39 is 0 Å². The van der Waals surface area contributed by atoms with Crippen molar-refractivity contribution >= 4 is 5.91 Å². The van der Waals surface area contributed by atoms with Crippen molar-refractivity contribution in [1.82, 2.24) is 19.0 Å². The van der Waals surface area contributed by atoms with E-state index in [0.717, 1.165) is 43.7 Å². The molecule has 1 aliphatic heterocycles. The number of aromatic nitrogens is 3. The van der Waals surface area contributed by atoms with E-state index in [1.807, 2.05) is 77.0 Å². The number of carbonyl (C=O) groups is 1. The molecule has 1 fully saturated rings. The molecular formula is C20H22N4O. The van der Waals surface area contributed by atoms with E-state index in [2.05, 4.69) is 9.55 Å². The van der Waals surface area contributed by atoms with Crippen LogP contribution in [0.3, 0.4) is 0 Å². The normalized spacial score (nSPS) is 15.4. The largest absolute Gasteiger partial charge is 0.339 e. The van der Waals surface area contributed by atoms with E-state index in [9.17, 15) is 4.79 Å². The highest BCUT2D eigenvalue weighted by atomic mass is 16.2. The van der Waals surface area contributed by atoms with Crippen LogP contribution in [-0.4, -0.2) is 38.0 Å². The molecule has 0 spiro atoms. The Balaban J connectivity index is 1.35. The van der Waals surface area contributed by atoms with Crippen LogP contribution in [0.25, 0.3) is 5.69 Å². The summed E-state index contributed by atoms with van der Waals surface area (Å²) in [4.78, 5) is 18.8. The van der Waals surface area contributed by atoms with Gasteiger partial charge in [0.25, 0.3) is 5.91 Å². The number of likely N-dealkylation sites (tertiary alicyclic amines) is 1. The maximum atomic E-state index is 12.7. The number of rotatable bonds is 4. The van der Waals surface area contributed by atoms with Gasteiger partial charge in [0.1, 0.15) is 0 Å². The van der Waals surface area contributed by atoms with E-state index in [0.29, 0.717) is 5.92 Å². The molecule has 5 heteroatoms. The zero-order chi connectivity index (χ0) is 17.1. The summed E-state index contributed by atoms with van der Waals surface area (Å²) in [5.74, 6) is 0.759. The molecule has 3 aromatic rings. The van der Waals surface area contributed by atoms with Crippen molar-refractivity contribution in [2.24, 2.45) is 5.92 Å². The third-order valence-corrected chi connectivity index (χ3v) is 4.95. The highest BCUT2D eigenvalue weighted by molar-refractivity contribution is 5.94. The van der Waals surface area contributed by atoms with Crippen molar-refractivity contribution in [3.05, 3.63) is 73.1 Å². The molecule has 1 amide bonds. The number of amides is 1. The van der Waals surface area contributed by atoms with Gasteiger partial charge < -0.3 is 14.0 Å². The first-order chi connectivity index (χ1) is 12.3. The summed E-state index contributed by atoms with van der Waals surface area (Å²) < 4.78 is 4.16. The highest BCUT2D eigenvalue weighted by Gasteiger charge is 2.23. The minimum absolute atomic E-state index is 0.139. The fraction of sp³-hybridized carbons (Fsp3) is 0.300. The van der Waals surface area contributed by atoms with Gasteiger partial charge in [0.05, 0.1) is 6.33 Å². The molecule has 0 saturated carbocycles.